The second kappa shape index (κ2) is 3.98. The zero-order chi connectivity index (χ0) is 8.97. The van der Waals surface area contributed by atoms with Crippen molar-refractivity contribution >= 4 is 6.09 Å². The maximum atomic E-state index is 10.7. The van der Waals surface area contributed by atoms with Crippen LogP contribution in [0.5, 0.6) is 0 Å². The average Bonchev–Trinajstić information content (AvgIpc) is 2.05. The molecule has 66 valence electrons. The van der Waals surface area contributed by atoms with Gasteiger partial charge in [-0.25, -0.2) is 4.79 Å². The van der Waals surface area contributed by atoms with E-state index in [-0.39, 0.29) is 6.04 Å². The molecule has 0 saturated carbocycles. The first-order valence-electron chi connectivity index (χ1n) is 3.89. The monoisotopic (exact) mass is 168 g/mol. The van der Waals surface area contributed by atoms with Crippen LogP contribution in [0.25, 0.3) is 0 Å². The number of carbonyl (C=O) groups is 1. The molecule has 0 aromatic heterocycles. The van der Waals surface area contributed by atoms with Gasteiger partial charge >= 0.3 is 6.09 Å². The van der Waals surface area contributed by atoms with E-state index in [1.165, 1.54) is 4.90 Å². The highest BCUT2D eigenvalue weighted by Crippen LogP contribution is 2.06. The smallest absolute Gasteiger partial charge is 0.407 e. The fraction of sp³-hybridized carbons (Fsp3) is 0.625. The molecule has 0 aliphatic carbocycles. The summed E-state index contributed by atoms with van der Waals surface area (Å²) in [6.45, 7) is 1.91. The van der Waals surface area contributed by atoms with Gasteiger partial charge in [-0.3, -0.25) is 0 Å². The van der Waals surface area contributed by atoms with Gasteiger partial charge in [0.1, 0.15) is 0 Å². The molecular formula is C8H12N2O2. The molecule has 1 unspecified atom stereocenters. The Morgan fingerprint density at radius 2 is 2.58 bits per heavy atom. The summed E-state index contributed by atoms with van der Waals surface area (Å²) < 4.78 is 0. The van der Waals surface area contributed by atoms with E-state index in [1.807, 2.05) is 0 Å². The molecule has 0 bridgehead atoms. The normalized spacial score (nSPS) is 23.2. The van der Waals surface area contributed by atoms with E-state index in [9.17, 15) is 4.79 Å². The van der Waals surface area contributed by atoms with Crippen LogP contribution < -0.4 is 5.32 Å². The van der Waals surface area contributed by atoms with Gasteiger partial charge in [-0.15, -0.1) is 12.3 Å². The molecule has 4 heteroatoms. The van der Waals surface area contributed by atoms with Gasteiger partial charge in [0.25, 0.3) is 0 Å². The van der Waals surface area contributed by atoms with Crippen LogP contribution in [-0.2, 0) is 0 Å². The van der Waals surface area contributed by atoms with E-state index >= 15 is 0 Å². The minimum Gasteiger partial charge on any atom is -0.465 e. The largest absolute Gasteiger partial charge is 0.465 e. The first kappa shape index (κ1) is 8.88. The number of hydrogen-bond donors (Lipinski definition) is 2. The van der Waals surface area contributed by atoms with Crippen LogP contribution in [0.15, 0.2) is 0 Å². The summed E-state index contributed by atoms with van der Waals surface area (Å²) in [7, 11) is 0. The van der Waals surface area contributed by atoms with Crippen molar-refractivity contribution in [2.75, 3.05) is 19.6 Å². The van der Waals surface area contributed by atoms with Gasteiger partial charge in [-0.1, -0.05) is 0 Å². The van der Waals surface area contributed by atoms with Gasteiger partial charge in [0.15, 0.2) is 0 Å². The van der Waals surface area contributed by atoms with Crippen LogP contribution in [-0.4, -0.2) is 41.8 Å². The fourth-order valence-corrected chi connectivity index (χ4v) is 1.33. The predicted octanol–water partition coefficient (Wildman–Crippen LogP) is -0.0385. The maximum Gasteiger partial charge on any atom is 0.407 e. The van der Waals surface area contributed by atoms with Gasteiger partial charge in [0.2, 0.25) is 0 Å². The number of piperazine rings is 1. The van der Waals surface area contributed by atoms with E-state index in [2.05, 4.69) is 11.2 Å². The molecule has 1 saturated heterocycles. The van der Waals surface area contributed by atoms with Gasteiger partial charge in [-0.2, -0.15) is 0 Å². The Balaban J connectivity index is 2.55. The lowest BCUT2D eigenvalue weighted by atomic mass is 10.1. The third-order valence-corrected chi connectivity index (χ3v) is 1.95. The third-order valence-electron chi connectivity index (χ3n) is 1.95. The van der Waals surface area contributed by atoms with Gasteiger partial charge < -0.3 is 15.3 Å². The molecule has 0 radical (unpaired) electrons. The SMILES string of the molecule is C#CCC1CNCCN1C(=O)O. The average molecular weight is 168 g/mol. The van der Waals surface area contributed by atoms with Crippen LogP contribution >= 0.6 is 0 Å². The first-order valence-corrected chi connectivity index (χ1v) is 3.89. The Morgan fingerprint density at radius 3 is 3.17 bits per heavy atom. The van der Waals surface area contributed by atoms with E-state index in [1.54, 1.807) is 0 Å². The molecule has 1 amide bonds. The number of amides is 1. The topological polar surface area (TPSA) is 52.6 Å². The summed E-state index contributed by atoms with van der Waals surface area (Å²) in [6, 6.07) is -0.0544. The lowest BCUT2D eigenvalue weighted by Gasteiger charge is -2.32. The summed E-state index contributed by atoms with van der Waals surface area (Å²) in [5, 5.41) is 11.9. The summed E-state index contributed by atoms with van der Waals surface area (Å²) in [4.78, 5) is 12.1. The highest BCUT2D eigenvalue weighted by Gasteiger charge is 2.24. The Hall–Kier alpha value is -1.21. The predicted molar refractivity (Wildman–Crippen MR) is 44.8 cm³/mol. The first-order chi connectivity index (χ1) is 5.75. The fourth-order valence-electron chi connectivity index (χ4n) is 1.33. The van der Waals surface area contributed by atoms with Crippen LogP contribution in [0.3, 0.4) is 0 Å². The van der Waals surface area contributed by atoms with Crippen LogP contribution in [0.2, 0.25) is 0 Å². The Labute approximate surface area is 71.6 Å². The lowest BCUT2D eigenvalue weighted by molar-refractivity contribution is 0.113. The zero-order valence-electron chi connectivity index (χ0n) is 6.79. The Bertz CT molecular complexity index is 210. The molecule has 1 heterocycles. The molecule has 0 aromatic carbocycles. The van der Waals surface area contributed by atoms with Crippen LogP contribution in [0.1, 0.15) is 6.42 Å². The number of terminal acetylenes is 1. The summed E-state index contributed by atoms with van der Waals surface area (Å²) in [5.41, 5.74) is 0. The van der Waals surface area contributed by atoms with Crippen molar-refractivity contribution in [2.24, 2.45) is 0 Å². The van der Waals surface area contributed by atoms with Crippen molar-refractivity contribution in [1.29, 1.82) is 0 Å². The molecule has 0 aromatic rings. The molecule has 4 nitrogen and oxygen atoms in total. The summed E-state index contributed by atoms with van der Waals surface area (Å²) in [6.07, 6.45) is 4.73. The number of rotatable bonds is 1. The van der Waals surface area contributed by atoms with Gasteiger partial charge in [0.05, 0.1) is 6.04 Å². The quantitative estimate of drug-likeness (QED) is 0.540. The van der Waals surface area contributed by atoms with E-state index in [0.29, 0.717) is 26.1 Å². The number of nitrogens with one attached hydrogen (secondary N) is 1. The highest BCUT2D eigenvalue weighted by molar-refractivity contribution is 5.65. The van der Waals surface area contributed by atoms with Crippen molar-refractivity contribution in [3.8, 4) is 12.3 Å². The van der Waals surface area contributed by atoms with Crippen molar-refractivity contribution in [2.45, 2.75) is 12.5 Å². The molecule has 1 aliphatic heterocycles. The van der Waals surface area contributed by atoms with Crippen LogP contribution in [0.4, 0.5) is 4.79 Å². The molecule has 1 fully saturated rings. The van der Waals surface area contributed by atoms with Crippen molar-refractivity contribution in [3.63, 3.8) is 0 Å². The van der Waals surface area contributed by atoms with Gasteiger partial charge in [0, 0.05) is 26.1 Å². The van der Waals surface area contributed by atoms with E-state index in [0.717, 1.165) is 0 Å². The van der Waals surface area contributed by atoms with E-state index in [4.69, 9.17) is 11.5 Å². The van der Waals surface area contributed by atoms with Crippen molar-refractivity contribution < 1.29 is 9.90 Å². The van der Waals surface area contributed by atoms with Crippen LogP contribution in [0, 0.1) is 12.3 Å². The Kier molecular flexibility index (Phi) is 2.94. The minimum absolute atomic E-state index is 0.0544. The maximum absolute atomic E-state index is 10.7. The molecule has 0 spiro atoms. The minimum atomic E-state index is -0.878. The molecule has 12 heavy (non-hydrogen) atoms. The Morgan fingerprint density at radius 1 is 1.83 bits per heavy atom. The lowest BCUT2D eigenvalue weighted by Crippen LogP contribution is -2.53. The summed E-state index contributed by atoms with van der Waals surface area (Å²) in [5.74, 6) is 2.48. The van der Waals surface area contributed by atoms with Crippen molar-refractivity contribution in [3.05, 3.63) is 0 Å². The molecular weight excluding hydrogens is 156 g/mol. The number of carboxylic acid groups (broad SMARTS) is 1. The highest BCUT2D eigenvalue weighted by atomic mass is 16.4. The number of nitrogens with zero attached hydrogens (tertiary/aromatic N) is 1. The van der Waals surface area contributed by atoms with E-state index < -0.39 is 6.09 Å². The standard InChI is InChI=1S/C8H12N2O2/c1-2-3-7-6-9-4-5-10(7)8(11)12/h1,7,9H,3-6H2,(H,11,12). The second-order valence-electron chi connectivity index (χ2n) is 2.74. The third kappa shape index (κ3) is 1.89. The second-order valence-corrected chi connectivity index (χ2v) is 2.74. The molecule has 1 rings (SSSR count). The summed E-state index contributed by atoms with van der Waals surface area (Å²) >= 11 is 0. The molecule has 1 aliphatic rings. The number of hydrogen-bond acceptors (Lipinski definition) is 2. The zero-order valence-corrected chi connectivity index (χ0v) is 6.79. The molecule has 2 N–H and O–H groups in total. The van der Waals surface area contributed by atoms with Gasteiger partial charge in [-0.05, 0) is 0 Å². The molecule has 1 atom stereocenters. The van der Waals surface area contributed by atoms with Crippen molar-refractivity contribution in [1.82, 2.24) is 10.2 Å².